The molecule has 0 bridgehead atoms. The number of nitrogens with zero attached hydrogens (tertiary/aromatic N) is 1. The van der Waals surface area contributed by atoms with E-state index >= 15 is 0 Å². The molecule has 0 aromatic rings. The fourth-order valence-corrected chi connectivity index (χ4v) is 1.52. The molecule has 0 unspecified atom stereocenters. The summed E-state index contributed by atoms with van der Waals surface area (Å²) in [7, 11) is 0. The molecule has 2 nitrogen and oxygen atoms in total. The van der Waals surface area contributed by atoms with Crippen molar-refractivity contribution in [2.45, 2.75) is 45.3 Å². The van der Waals surface area contributed by atoms with E-state index in [-0.39, 0.29) is 11.6 Å². The largest absolute Gasteiger partial charge is 0.392 e. The highest BCUT2D eigenvalue weighted by Gasteiger charge is 2.30. The maximum Gasteiger partial charge on any atom is 0.0679 e. The van der Waals surface area contributed by atoms with Crippen LogP contribution in [0.25, 0.3) is 0 Å². The van der Waals surface area contributed by atoms with E-state index in [2.05, 4.69) is 25.7 Å². The van der Waals surface area contributed by atoms with E-state index in [0.717, 1.165) is 25.9 Å². The highest BCUT2D eigenvalue weighted by Crippen LogP contribution is 2.23. The van der Waals surface area contributed by atoms with Crippen molar-refractivity contribution in [2.24, 2.45) is 0 Å². The number of rotatable bonds is 2. The third kappa shape index (κ3) is 1.94. The van der Waals surface area contributed by atoms with Gasteiger partial charge in [-0.05, 0) is 26.7 Å². The van der Waals surface area contributed by atoms with Gasteiger partial charge in [0.05, 0.1) is 6.10 Å². The highest BCUT2D eigenvalue weighted by atomic mass is 16.3. The molecule has 1 atom stereocenters. The quantitative estimate of drug-likeness (QED) is 0.652. The van der Waals surface area contributed by atoms with Crippen LogP contribution in [-0.2, 0) is 0 Å². The van der Waals surface area contributed by atoms with Crippen molar-refractivity contribution >= 4 is 0 Å². The highest BCUT2D eigenvalue weighted by molar-refractivity contribution is 4.86. The van der Waals surface area contributed by atoms with E-state index in [9.17, 15) is 5.11 Å². The first-order chi connectivity index (χ1) is 5.06. The molecule has 1 aliphatic heterocycles. The Hall–Kier alpha value is -0.0800. The van der Waals surface area contributed by atoms with Crippen LogP contribution in [-0.4, -0.2) is 34.7 Å². The topological polar surface area (TPSA) is 23.5 Å². The fourth-order valence-electron chi connectivity index (χ4n) is 1.52. The Kier molecular flexibility index (Phi) is 2.55. The maximum atomic E-state index is 9.32. The standard InChI is InChI=1S/C9H19NO/c1-4-9(2,3)10-6-5-8(11)7-10/h8,11H,4-7H2,1-3H3/t8-/m0/s1. The monoisotopic (exact) mass is 157 g/mol. The lowest BCUT2D eigenvalue weighted by Crippen LogP contribution is -2.42. The zero-order chi connectivity index (χ0) is 8.48. The van der Waals surface area contributed by atoms with Crippen molar-refractivity contribution < 1.29 is 5.11 Å². The van der Waals surface area contributed by atoms with Crippen LogP contribution in [0.2, 0.25) is 0 Å². The molecule has 0 amide bonds. The predicted octanol–water partition coefficient (Wildman–Crippen LogP) is 1.24. The van der Waals surface area contributed by atoms with Gasteiger partial charge in [0.2, 0.25) is 0 Å². The van der Waals surface area contributed by atoms with Crippen LogP contribution in [0, 0.1) is 0 Å². The molecule has 1 fully saturated rings. The van der Waals surface area contributed by atoms with Gasteiger partial charge in [0.15, 0.2) is 0 Å². The Morgan fingerprint density at radius 3 is 2.55 bits per heavy atom. The summed E-state index contributed by atoms with van der Waals surface area (Å²) in [5, 5.41) is 9.32. The van der Waals surface area contributed by atoms with Crippen molar-refractivity contribution in [1.29, 1.82) is 0 Å². The van der Waals surface area contributed by atoms with Gasteiger partial charge in [0.1, 0.15) is 0 Å². The van der Waals surface area contributed by atoms with Gasteiger partial charge in [0.25, 0.3) is 0 Å². The Balaban J connectivity index is 2.48. The number of aliphatic hydroxyl groups is 1. The van der Waals surface area contributed by atoms with Crippen LogP contribution in [0.3, 0.4) is 0 Å². The van der Waals surface area contributed by atoms with Crippen LogP contribution in [0.4, 0.5) is 0 Å². The van der Waals surface area contributed by atoms with E-state index in [4.69, 9.17) is 0 Å². The second kappa shape index (κ2) is 3.11. The minimum Gasteiger partial charge on any atom is -0.392 e. The number of β-amino-alcohol motifs (C(OH)–C–C–N with tert-alkyl or cyclic N) is 1. The number of likely N-dealkylation sites (tertiary alicyclic amines) is 1. The van der Waals surface area contributed by atoms with Crippen molar-refractivity contribution in [1.82, 2.24) is 4.90 Å². The van der Waals surface area contributed by atoms with Gasteiger partial charge in [-0.2, -0.15) is 0 Å². The van der Waals surface area contributed by atoms with Gasteiger partial charge in [-0.15, -0.1) is 0 Å². The average Bonchev–Trinajstić information content (AvgIpc) is 2.36. The molecular weight excluding hydrogens is 138 g/mol. The summed E-state index contributed by atoms with van der Waals surface area (Å²) in [6.07, 6.45) is 2.02. The van der Waals surface area contributed by atoms with Crippen LogP contribution in [0.15, 0.2) is 0 Å². The van der Waals surface area contributed by atoms with Crippen LogP contribution < -0.4 is 0 Å². The third-order valence-electron chi connectivity index (χ3n) is 2.88. The molecule has 1 aliphatic rings. The van der Waals surface area contributed by atoms with E-state index in [1.165, 1.54) is 0 Å². The van der Waals surface area contributed by atoms with E-state index in [1.807, 2.05) is 0 Å². The summed E-state index contributed by atoms with van der Waals surface area (Å²) >= 11 is 0. The summed E-state index contributed by atoms with van der Waals surface area (Å²) in [6, 6.07) is 0. The Morgan fingerprint density at radius 1 is 1.55 bits per heavy atom. The first-order valence-corrected chi connectivity index (χ1v) is 4.49. The minimum absolute atomic E-state index is 0.0826. The second-order valence-corrected chi connectivity index (χ2v) is 4.05. The molecule has 11 heavy (non-hydrogen) atoms. The molecule has 1 saturated heterocycles. The fraction of sp³-hybridized carbons (Fsp3) is 1.00. The van der Waals surface area contributed by atoms with Crippen LogP contribution in [0.1, 0.15) is 33.6 Å². The summed E-state index contributed by atoms with van der Waals surface area (Å²) in [4.78, 5) is 2.37. The molecule has 0 aliphatic carbocycles. The van der Waals surface area contributed by atoms with Gasteiger partial charge < -0.3 is 5.11 Å². The average molecular weight is 157 g/mol. The smallest absolute Gasteiger partial charge is 0.0679 e. The van der Waals surface area contributed by atoms with Gasteiger partial charge in [-0.25, -0.2) is 0 Å². The van der Waals surface area contributed by atoms with Crippen molar-refractivity contribution in [3.63, 3.8) is 0 Å². The summed E-state index contributed by atoms with van der Waals surface area (Å²) in [5.74, 6) is 0. The van der Waals surface area contributed by atoms with E-state index in [1.54, 1.807) is 0 Å². The zero-order valence-corrected chi connectivity index (χ0v) is 7.80. The Labute approximate surface area is 69.2 Å². The molecule has 66 valence electrons. The molecule has 1 heterocycles. The second-order valence-electron chi connectivity index (χ2n) is 4.05. The molecule has 0 aromatic heterocycles. The molecule has 1 N–H and O–H groups in total. The van der Waals surface area contributed by atoms with Crippen molar-refractivity contribution in [3.8, 4) is 0 Å². The third-order valence-corrected chi connectivity index (χ3v) is 2.88. The molecular formula is C9H19NO. The van der Waals surface area contributed by atoms with Crippen LogP contribution >= 0.6 is 0 Å². The number of aliphatic hydroxyl groups excluding tert-OH is 1. The normalized spacial score (nSPS) is 27.8. The molecule has 2 heteroatoms. The summed E-state index contributed by atoms with van der Waals surface area (Å²) in [5.41, 5.74) is 0.275. The van der Waals surface area contributed by atoms with E-state index < -0.39 is 0 Å². The SMILES string of the molecule is CCC(C)(C)N1CC[C@H](O)C1. The zero-order valence-electron chi connectivity index (χ0n) is 7.80. The number of hydrogen-bond donors (Lipinski definition) is 1. The minimum atomic E-state index is -0.0826. The molecule has 1 rings (SSSR count). The first kappa shape index (κ1) is 9.01. The lowest BCUT2D eigenvalue weighted by Gasteiger charge is -2.34. The molecule has 0 saturated carbocycles. The van der Waals surface area contributed by atoms with Gasteiger partial charge >= 0.3 is 0 Å². The predicted molar refractivity (Wildman–Crippen MR) is 46.6 cm³/mol. The Bertz CT molecular complexity index is 134. The van der Waals surface area contributed by atoms with Gasteiger partial charge in [0, 0.05) is 18.6 Å². The van der Waals surface area contributed by atoms with Crippen molar-refractivity contribution in [3.05, 3.63) is 0 Å². The van der Waals surface area contributed by atoms with Crippen molar-refractivity contribution in [2.75, 3.05) is 13.1 Å². The maximum absolute atomic E-state index is 9.32. The lowest BCUT2D eigenvalue weighted by molar-refractivity contribution is 0.115. The van der Waals surface area contributed by atoms with Gasteiger partial charge in [-0.1, -0.05) is 6.92 Å². The molecule has 0 aromatic carbocycles. The van der Waals surface area contributed by atoms with E-state index in [0.29, 0.717) is 0 Å². The van der Waals surface area contributed by atoms with Crippen LogP contribution in [0.5, 0.6) is 0 Å². The lowest BCUT2D eigenvalue weighted by atomic mass is 10.0. The molecule has 0 spiro atoms. The number of hydrogen-bond acceptors (Lipinski definition) is 2. The Morgan fingerprint density at radius 2 is 2.18 bits per heavy atom. The van der Waals surface area contributed by atoms with Gasteiger partial charge in [-0.3, -0.25) is 4.90 Å². The summed E-state index contributed by atoms with van der Waals surface area (Å²) < 4.78 is 0. The first-order valence-electron chi connectivity index (χ1n) is 4.49. The summed E-state index contributed by atoms with van der Waals surface area (Å²) in [6.45, 7) is 8.60. The molecule has 0 radical (unpaired) electrons.